The van der Waals surface area contributed by atoms with E-state index in [1.54, 1.807) is 6.07 Å². The molecule has 0 aromatic heterocycles. The fourth-order valence-electron chi connectivity index (χ4n) is 1.87. The number of nitrogens with zero attached hydrogens (tertiary/aromatic N) is 1. The van der Waals surface area contributed by atoms with Gasteiger partial charge in [-0.3, -0.25) is 0 Å². The maximum absolute atomic E-state index is 13.2. The first-order valence-electron chi connectivity index (χ1n) is 5.76. The molecule has 0 radical (unpaired) electrons. The first-order valence-corrected chi connectivity index (χ1v) is 6.30. The molecule has 0 N–H and O–H groups in total. The van der Waals surface area contributed by atoms with E-state index in [0.717, 1.165) is 22.5 Å². The molecule has 0 bridgehead atoms. The molecule has 0 amide bonds. The molecule has 0 heterocycles. The lowest BCUT2D eigenvalue weighted by molar-refractivity contribution is 0.628. The molecule has 0 saturated carbocycles. The number of benzene rings is 2. The van der Waals surface area contributed by atoms with Crippen molar-refractivity contribution in [3.8, 4) is 0 Å². The summed E-state index contributed by atoms with van der Waals surface area (Å²) >= 11 is 5.84. The van der Waals surface area contributed by atoms with E-state index in [4.69, 9.17) is 11.6 Å². The van der Waals surface area contributed by atoms with Crippen LogP contribution in [0.5, 0.6) is 0 Å². The lowest BCUT2D eigenvalue weighted by Crippen LogP contribution is -2.10. The average molecular weight is 264 g/mol. The highest BCUT2D eigenvalue weighted by molar-refractivity contribution is 6.17. The van der Waals surface area contributed by atoms with Gasteiger partial charge < -0.3 is 4.90 Å². The third-order valence-corrected chi connectivity index (χ3v) is 3.34. The van der Waals surface area contributed by atoms with Crippen molar-refractivity contribution in [1.29, 1.82) is 0 Å². The molecule has 0 atom stereocenters. The molecule has 0 spiro atoms. The standard InChI is InChI=1S/C15H15ClFN/c1-11-8-15(7-6-12(11)10-16)18(2)14-5-3-4-13(17)9-14/h3-9H,10H2,1-2H3. The maximum atomic E-state index is 13.2. The SMILES string of the molecule is Cc1cc(N(C)c2cccc(F)c2)ccc1CCl. The lowest BCUT2D eigenvalue weighted by atomic mass is 10.1. The van der Waals surface area contributed by atoms with E-state index in [0.29, 0.717) is 5.88 Å². The second-order valence-corrected chi connectivity index (χ2v) is 4.55. The van der Waals surface area contributed by atoms with Crippen LogP contribution in [0.15, 0.2) is 42.5 Å². The number of aryl methyl sites for hydroxylation is 1. The van der Waals surface area contributed by atoms with Gasteiger partial charge in [-0.25, -0.2) is 4.39 Å². The van der Waals surface area contributed by atoms with Crippen LogP contribution in [0.3, 0.4) is 0 Å². The van der Waals surface area contributed by atoms with Crippen molar-refractivity contribution >= 4 is 23.0 Å². The van der Waals surface area contributed by atoms with Gasteiger partial charge in [0.2, 0.25) is 0 Å². The highest BCUT2D eigenvalue weighted by Crippen LogP contribution is 2.26. The van der Waals surface area contributed by atoms with Crippen LogP contribution in [-0.4, -0.2) is 7.05 Å². The Balaban J connectivity index is 2.34. The van der Waals surface area contributed by atoms with E-state index in [9.17, 15) is 4.39 Å². The van der Waals surface area contributed by atoms with Crippen LogP contribution in [0, 0.1) is 12.7 Å². The van der Waals surface area contributed by atoms with Crippen LogP contribution in [0.1, 0.15) is 11.1 Å². The second kappa shape index (κ2) is 5.40. The van der Waals surface area contributed by atoms with Crippen molar-refractivity contribution in [2.45, 2.75) is 12.8 Å². The van der Waals surface area contributed by atoms with Gasteiger partial charge in [0.25, 0.3) is 0 Å². The number of alkyl halides is 1. The number of hydrogen-bond donors (Lipinski definition) is 0. The summed E-state index contributed by atoms with van der Waals surface area (Å²) in [7, 11) is 1.92. The van der Waals surface area contributed by atoms with Crippen LogP contribution < -0.4 is 4.90 Å². The van der Waals surface area contributed by atoms with E-state index in [2.05, 4.69) is 6.07 Å². The molecule has 0 unspecified atom stereocenters. The highest BCUT2D eigenvalue weighted by Gasteiger charge is 2.06. The molecule has 2 rings (SSSR count). The van der Waals surface area contributed by atoms with E-state index in [1.165, 1.54) is 12.1 Å². The predicted octanol–water partition coefficient (Wildman–Crippen LogP) is 4.64. The molecular weight excluding hydrogens is 249 g/mol. The summed E-state index contributed by atoms with van der Waals surface area (Å²) in [6.45, 7) is 2.03. The summed E-state index contributed by atoms with van der Waals surface area (Å²) < 4.78 is 13.2. The molecule has 0 fully saturated rings. The summed E-state index contributed by atoms with van der Waals surface area (Å²) in [5.41, 5.74) is 4.11. The Bertz CT molecular complexity index is 554. The van der Waals surface area contributed by atoms with Gasteiger partial charge in [0.05, 0.1) is 0 Å². The Morgan fingerprint density at radius 2 is 1.83 bits per heavy atom. The third-order valence-electron chi connectivity index (χ3n) is 3.05. The van der Waals surface area contributed by atoms with Crippen LogP contribution in [0.4, 0.5) is 15.8 Å². The lowest BCUT2D eigenvalue weighted by Gasteiger charge is -2.20. The summed E-state index contributed by atoms with van der Waals surface area (Å²) in [5, 5.41) is 0. The minimum absolute atomic E-state index is 0.228. The molecule has 3 heteroatoms. The molecule has 94 valence electrons. The topological polar surface area (TPSA) is 3.24 Å². The van der Waals surface area contributed by atoms with Gasteiger partial charge in [-0.15, -0.1) is 11.6 Å². The Kier molecular flexibility index (Phi) is 3.87. The van der Waals surface area contributed by atoms with Gasteiger partial charge in [0, 0.05) is 24.3 Å². The monoisotopic (exact) mass is 263 g/mol. The second-order valence-electron chi connectivity index (χ2n) is 4.28. The Hall–Kier alpha value is -1.54. The maximum Gasteiger partial charge on any atom is 0.125 e. The van der Waals surface area contributed by atoms with Crippen molar-refractivity contribution in [3.05, 3.63) is 59.4 Å². The Labute approximate surface area is 112 Å². The number of anilines is 2. The molecule has 0 aliphatic carbocycles. The first-order chi connectivity index (χ1) is 8.61. The third kappa shape index (κ3) is 2.65. The Morgan fingerprint density at radius 1 is 1.11 bits per heavy atom. The summed E-state index contributed by atoms with van der Waals surface area (Å²) in [5.74, 6) is 0.281. The van der Waals surface area contributed by atoms with E-state index in [-0.39, 0.29) is 5.82 Å². The Morgan fingerprint density at radius 3 is 2.44 bits per heavy atom. The summed E-state index contributed by atoms with van der Waals surface area (Å²) in [6, 6.07) is 12.6. The van der Waals surface area contributed by atoms with E-state index in [1.807, 2.05) is 37.1 Å². The molecule has 18 heavy (non-hydrogen) atoms. The average Bonchev–Trinajstić information content (AvgIpc) is 2.37. The largest absolute Gasteiger partial charge is 0.345 e. The fraction of sp³-hybridized carbons (Fsp3) is 0.200. The summed E-state index contributed by atoms with van der Waals surface area (Å²) in [6.07, 6.45) is 0. The molecule has 2 aromatic carbocycles. The number of halogens is 2. The number of rotatable bonds is 3. The fourth-order valence-corrected chi connectivity index (χ4v) is 2.17. The van der Waals surface area contributed by atoms with Crippen molar-refractivity contribution in [2.24, 2.45) is 0 Å². The van der Waals surface area contributed by atoms with Gasteiger partial charge in [-0.2, -0.15) is 0 Å². The molecule has 0 aliphatic heterocycles. The summed E-state index contributed by atoms with van der Waals surface area (Å²) in [4.78, 5) is 1.95. The van der Waals surface area contributed by atoms with Crippen LogP contribution in [0.2, 0.25) is 0 Å². The van der Waals surface area contributed by atoms with Crippen molar-refractivity contribution in [2.75, 3.05) is 11.9 Å². The van der Waals surface area contributed by atoms with Gasteiger partial charge in [0.15, 0.2) is 0 Å². The van der Waals surface area contributed by atoms with Crippen molar-refractivity contribution in [1.82, 2.24) is 0 Å². The van der Waals surface area contributed by atoms with E-state index < -0.39 is 0 Å². The van der Waals surface area contributed by atoms with Crippen molar-refractivity contribution < 1.29 is 4.39 Å². The number of hydrogen-bond acceptors (Lipinski definition) is 1. The molecular formula is C15H15ClFN. The molecule has 0 aliphatic rings. The smallest absolute Gasteiger partial charge is 0.125 e. The molecule has 1 nitrogen and oxygen atoms in total. The minimum Gasteiger partial charge on any atom is -0.345 e. The van der Waals surface area contributed by atoms with Gasteiger partial charge in [-0.05, 0) is 48.4 Å². The van der Waals surface area contributed by atoms with Crippen LogP contribution >= 0.6 is 11.6 Å². The molecule has 0 saturated heterocycles. The zero-order valence-electron chi connectivity index (χ0n) is 10.5. The van der Waals surface area contributed by atoms with Gasteiger partial charge in [0.1, 0.15) is 5.82 Å². The predicted molar refractivity (Wildman–Crippen MR) is 75.2 cm³/mol. The zero-order chi connectivity index (χ0) is 13.1. The minimum atomic E-state index is -0.228. The normalized spacial score (nSPS) is 10.4. The van der Waals surface area contributed by atoms with Crippen LogP contribution in [0.25, 0.3) is 0 Å². The van der Waals surface area contributed by atoms with Crippen molar-refractivity contribution in [3.63, 3.8) is 0 Å². The highest BCUT2D eigenvalue weighted by atomic mass is 35.5. The zero-order valence-corrected chi connectivity index (χ0v) is 11.2. The van der Waals surface area contributed by atoms with E-state index >= 15 is 0 Å². The van der Waals surface area contributed by atoms with Crippen LogP contribution in [-0.2, 0) is 5.88 Å². The van der Waals surface area contributed by atoms with Gasteiger partial charge in [-0.1, -0.05) is 12.1 Å². The van der Waals surface area contributed by atoms with Gasteiger partial charge >= 0.3 is 0 Å². The molecule has 2 aromatic rings. The quantitative estimate of drug-likeness (QED) is 0.729. The first kappa shape index (κ1) is 12.9.